The van der Waals surface area contributed by atoms with Crippen LogP contribution in [0.2, 0.25) is 5.02 Å². The number of hydrogen-bond acceptors (Lipinski definition) is 6. The Balaban J connectivity index is 1.26. The van der Waals surface area contributed by atoms with E-state index in [1.165, 1.54) is 6.07 Å². The highest BCUT2D eigenvalue weighted by molar-refractivity contribution is 6.31. The van der Waals surface area contributed by atoms with Gasteiger partial charge in [-0.2, -0.15) is 13.2 Å². The van der Waals surface area contributed by atoms with Crippen molar-refractivity contribution in [2.45, 2.75) is 31.0 Å². The largest absolute Gasteiger partial charge is 0.493 e. The molecule has 1 aliphatic rings. The summed E-state index contributed by atoms with van der Waals surface area (Å²) >= 11 is 5.66. The van der Waals surface area contributed by atoms with E-state index in [2.05, 4.69) is 15.6 Å². The van der Waals surface area contributed by atoms with Gasteiger partial charge in [-0.25, -0.2) is 0 Å². The van der Waals surface area contributed by atoms with Gasteiger partial charge >= 0.3 is 6.18 Å². The third kappa shape index (κ3) is 6.40. The summed E-state index contributed by atoms with van der Waals surface area (Å²) < 4.78 is 50.8. The highest BCUT2D eigenvalue weighted by Crippen LogP contribution is 2.39. The molecule has 3 aromatic carbocycles. The zero-order valence-corrected chi connectivity index (χ0v) is 22.2. The van der Waals surface area contributed by atoms with Gasteiger partial charge in [0.25, 0.3) is 0 Å². The molecule has 40 heavy (non-hydrogen) atoms. The van der Waals surface area contributed by atoms with Gasteiger partial charge in [-0.15, -0.1) is 0 Å². The fourth-order valence-electron chi connectivity index (χ4n) is 4.14. The average Bonchev–Trinajstić information content (AvgIpc) is 3.66. The van der Waals surface area contributed by atoms with E-state index in [1.54, 1.807) is 37.6 Å². The Morgan fingerprint density at radius 1 is 1.05 bits per heavy atom. The molecule has 4 N–H and O–H groups in total. The lowest BCUT2D eigenvalue weighted by molar-refractivity contribution is -0.137. The third-order valence-electron chi connectivity index (χ3n) is 6.58. The van der Waals surface area contributed by atoms with E-state index >= 15 is 0 Å². The van der Waals surface area contributed by atoms with E-state index in [0.29, 0.717) is 29.3 Å². The van der Waals surface area contributed by atoms with Crippen LogP contribution in [0.5, 0.6) is 11.5 Å². The lowest BCUT2D eigenvalue weighted by Gasteiger charge is -2.16. The molecule has 0 bridgehead atoms. The Bertz CT molecular complexity index is 1560. The topological polar surface area (TPSA) is 98.5 Å². The first kappa shape index (κ1) is 27.5. The van der Waals surface area contributed by atoms with Crippen molar-refractivity contribution in [1.82, 2.24) is 4.98 Å². The Morgan fingerprint density at radius 2 is 1.77 bits per heavy atom. The molecular weight excluding hydrogens is 545 g/mol. The minimum absolute atomic E-state index is 0.205. The quantitative estimate of drug-likeness (QED) is 0.207. The summed E-state index contributed by atoms with van der Waals surface area (Å²) in [6.45, 7) is 0.407. The standard InChI is InChI=1S/C29H26ClF3N4O3/c1-39-25-14-20-23(8-11-35-24(20)15-26(25)40-16-28(34)9-10-28)36-18-3-5-19(6-4-18)37-27(38)13-17-2-7-22(30)21(12-17)29(31,32)33/h2-8,11-12,14-15H,9-10,13,16,34H2,1H3,(H,35,36)(H,37,38). The van der Waals surface area contributed by atoms with Gasteiger partial charge in [-0.3, -0.25) is 9.78 Å². The van der Waals surface area contributed by atoms with Crippen molar-refractivity contribution >= 4 is 45.5 Å². The van der Waals surface area contributed by atoms with E-state index in [1.807, 2.05) is 18.2 Å². The molecule has 208 valence electrons. The van der Waals surface area contributed by atoms with Crippen LogP contribution >= 0.6 is 11.6 Å². The number of nitrogens with one attached hydrogen (secondary N) is 2. The van der Waals surface area contributed by atoms with Crippen LogP contribution in [0.15, 0.2) is 66.9 Å². The summed E-state index contributed by atoms with van der Waals surface area (Å²) in [6.07, 6.45) is -1.28. The monoisotopic (exact) mass is 570 g/mol. The fraction of sp³-hybridized carbons (Fsp3) is 0.241. The Kier molecular flexibility index (Phi) is 7.48. The second-order valence-electron chi connectivity index (χ2n) is 9.77. The summed E-state index contributed by atoms with van der Waals surface area (Å²) in [5.74, 6) is 0.683. The number of carbonyl (C=O) groups excluding carboxylic acids is 1. The first-order valence-corrected chi connectivity index (χ1v) is 12.8. The zero-order chi connectivity index (χ0) is 28.5. The van der Waals surface area contributed by atoms with Crippen molar-refractivity contribution in [3.63, 3.8) is 0 Å². The number of pyridine rings is 1. The fourth-order valence-corrected chi connectivity index (χ4v) is 4.37. The average molecular weight is 571 g/mol. The van der Waals surface area contributed by atoms with Crippen LogP contribution in [0.25, 0.3) is 10.9 Å². The maximum atomic E-state index is 13.1. The molecule has 1 amide bonds. The molecule has 1 saturated carbocycles. The third-order valence-corrected chi connectivity index (χ3v) is 6.91. The molecule has 0 spiro atoms. The maximum absolute atomic E-state index is 13.1. The smallest absolute Gasteiger partial charge is 0.417 e. The minimum atomic E-state index is -4.60. The van der Waals surface area contributed by atoms with E-state index in [9.17, 15) is 18.0 Å². The molecular formula is C29H26ClF3N4O3. The summed E-state index contributed by atoms with van der Waals surface area (Å²) in [5.41, 5.74) is 7.85. The summed E-state index contributed by atoms with van der Waals surface area (Å²) in [6, 6.07) is 15.9. The number of ether oxygens (including phenoxy) is 2. The summed E-state index contributed by atoms with van der Waals surface area (Å²) in [4.78, 5) is 16.9. The number of halogens is 4. The number of nitrogens with two attached hydrogens (primary N) is 1. The van der Waals surface area contributed by atoms with Crippen LogP contribution < -0.4 is 25.8 Å². The molecule has 0 unspecified atom stereocenters. The molecule has 11 heteroatoms. The summed E-state index contributed by atoms with van der Waals surface area (Å²) in [5, 5.41) is 6.45. The van der Waals surface area contributed by atoms with Gasteiger partial charge < -0.3 is 25.8 Å². The summed E-state index contributed by atoms with van der Waals surface area (Å²) in [7, 11) is 1.57. The number of alkyl halides is 3. The van der Waals surface area contributed by atoms with Crippen LogP contribution in [-0.2, 0) is 17.4 Å². The second-order valence-corrected chi connectivity index (χ2v) is 10.2. The van der Waals surface area contributed by atoms with Crippen molar-refractivity contribution in [3.8, 4) is 11.5 Å². The van der Waals surface area contributed by atoms with E-state index in [0.717, 1.165) is 41.7 Å². The van der Waals surface area contributed by atoms with E-state index in [-0.39, 0.29) is 17.5 Å². The first-order chi connectivity index (χ1) is 19.0. The lowest BCUT2D eigenvalue weighted by atomic mass is 10.1. The molecule has 0 aliphatic heterocycles. The van der Waals surface area contributed by atoms with Gasteiger partial charge in [0.15, 0.2) is 11.5 Å². The minimum Gasteiger partial charge on any atom is -0.493 e. The molecule has 1 fully saturated rings. The number of hydrogen-bond donors (Lipinski definition) is 3. The highest BCUT2D eigenvalue weighted by Gasteiger charge is 2.39. The lowest BCUT2D eigenvalue weighted by Crippen LogP contribution is -2.29. The van der Waals surface area contributed by atoms with Crippen LogP contribution in [0.3, 0.4) is 0 Å². The first-order valence-electron chi connectivity index (χ1n) is 12.4. The number of anilines is 3. The van der Waals surface area contributed by atoms with Gasteiger partial charge in [0.2, 0.25) is 5.91 Å². The number of carbonyl (C=O) groups is 1. The van der Waals surface area contributed by atoms with Gasteiger partial charge in [0.05, 0.1) is 35.2 Å². The molecule has 7 nitrogen and oxygen atoms in total. The van der Waals surface area contributed by atoms with Crippen molar-refractivity contribution in [2.24, 2.45) is 5.73 Å². The second kappa shape index (κ2) is 10.9. The Labute approximate surface area is 233 Å². The molecule has 1 aromatic heterocycles. The molecule has 4 aromatic rings. The predicted octanol–water partition coefficient (Wildman–Crippen LogP) is 6.71. The van der Waals surface area contributed by atoms with E-state index in [4.69, 9.17) is 26.8 Å². The van der Waals surface area contributed by atoms with Crippen LogP contribution in [-0.4, -0.2) is 30.1 Å². The molecule has 1 aliphatic carbocycles. The number of fused-ring (bicyclic) bond motifs is 1. The molecule has 5 rings (SSSR count). The van der Waals surface area contributed by atoms with Crippen molar-refractivity contribution in [3.05, 3.63) is 83.0 Å². The normalized spacial score (nSPS) is 14.1. The van der Waals surface area contributed by atoms with Gasteiger partial charge in [0.1, 0.15) is 6.61 Å². The molecule has 0 saturated heterocycles. The van der Waals surface area contributed by atoms with Crippen molar-refractivity contribution < 1.29 is 27.4 Å². The number of amides is 1. The number of rotatable bonds is 9. The maximum Gasteiger partial charge on any atom is 0.417 e. The van der Waals surface area contributed by atoms with Crippen molar-refractivity contribution in [1.29, 1.82) is 0 Å². The Hall–Kier alpha value is -4.02. The predicted molar refractivity (Wildman–Crippen MR) is 148 cm³/mol. The highest BCUT2D eigenvalue weighted by atomic mass is 35.5. The Morgan fingerprint density at radius 3 is 2.45 bits per heavy atom. The van der Waals surface area contributed by atoms with E-state index < -0.39 is 22.7 Å². The number of benzene rings is 3. The molecule has 0 radical (unpaired) electrons. The SMILES string of the molecule is COc1cc2c(Nc3ccc(NC(=O)Cc4ccc(Cl)c(C(F)(F)F)c4)cc3)ccnc2cc1OCC1(N)CC1. The van der Waals surface area contributed by atoms with Crippen LogP contribution in [0, 0.1) is 0 Å². The van der Waals surface area contributed by atoms with Crippen LogP contribution in [0.4, 0.5) is 30.2 Å². The molecule has 0 atom stereocenters. The number of aromatic nitrogens is 1. The van der Waals surface area contributed by atoms with Gasteiger partial charge in [-0.1, -0.05) is 17.7 Å². The van der Waals surface area contributed by atoms with Crippen LogP contribution in [0.1, 0.15) is 24.0 Å². The zero-order valence-electron chi connectivity index (χ0n) is 21.4. The van der Waals surface area contributed by atoms with Crippen molar-refractivity contribution in [2.75, 3.05) is 24.4 Å². The number of nitrogens with zero attached hydrogens (tertiary/aromatic N) is 1. The number of methoxy groups -OCH3 is 1. The van der Waals surface area contributed by atoms with Gasteiger partial charge in [-0.05, 0) is 66.9 Å². The molecule has 1 heterocycles. The van der Waals surface area contributed by atoms with Gasteiger partial charge in [0, 0.05) is 34.7 Å².